The highest BCUT2D eigenvalue weighted by Crippen LogP contribution is 2.33. The summed E-state index contributed by atoms with van der Waals surface area (Å²) in [6, 6.07) is 11.0. The van der Waals surface area contributed by atoms with Gasteiger partial charge in [-0.25, -0.2) is 8.42 Å². The van der Waals surface area contributed by atoms with Gasteiger partial charge < -0.3 is 10.0 Å². The number of hydrogen-bond acceptors (Lipinski definition) is 5. The van der Waals surface area contributed by atoms with E-state index in [-0.39, 0.29) is 27.6 Å². The Balaban J connectivity index is 1.84. The molecule has 1 atom stereocenters. The number of carbonyl (C=O) groups excluding carboxylic acids is 1. The molecule has 3 rings (SSSR count). The first kappa shape index (κ1) is 18.6. The monoisotopic (exact) mass is 393 g/mol. The fourth-order valence-electron chi connectivity index (χ4n) is 2.59. The number of benzene rings is 1. The number of amides is 1. The van der Waals surface area contributed by atoms with E-state index in [1.165, 1.54) is 24.3 Å². The number of carbonyl (C=O) groups is 2. The van der Waals surface area contributed by atoms with Crippen LogP contribution in [0.2, 0.25) is 0 Å². The van der Waals surface area contributed by atoms with E-state index in [4.69, 9.17) is 5.11 Å². The lowest BCUT2D eigenvalue weighted by molar-refractivity contribution is -0.141. The summed E-state index contributed by atoms with van der Waals surface area (Å²) in [6.45, 7) is 1.68. The van der Waals surface area contributed by atoms with E-state index in [1.807, 2.05) is 0 Å². The Hall–Kier alpha value is -2.19. The smallest absolute Gasteiger partial charge is 0.308 e. The minimum Gasteiger partial charge on any atom is -0.481 e. The summed E-state index contributed by atoms with van der Waals surface area (Å²) in [5, 5.41) is 9.11. The second-order valence-electron chi connectivity index (χ2n) is 6.36. The Morgan fingerprint density at radius 1 is 1.19 bits per heavy atom. The van der Waals surface area contributed by atoms with Crippen molar-refractivity contribution in [2.45, 2.75) is 34.9 Å². The average Bonchev–Trinajstić information content (AvgIpc) is 3.34. The second-order valence-corrected chi connectivity index (χ2v) is 9.62. The molecule has 1 N–H and O–H groups in total. The van der Waals surface area contributed by atoms with Crippen LogP contribution in [0.1, 0.15) is 29.4 Å². The van der Waals surface area contributed by atoms with Crippen molar-refractivity contribution >= 4 is 33.1 Å². The molecular formula is C18H19NO5S2. The minimum atomic E-state index is -3.66. The van der Waals surface area contributed by atoms with Crippen molar-refractivity contribution in [2.75, 3.05) is 6.54 Å². The zero-order chi connectivity index (χ0) is 18.9. The predicted molar refractivity (Wildman–Crippen MR) is 97.1 cm³/mol. The van der Waals surface area contributed by atoms with Crippen molar-refractivity contribution < 1.29 is 23.1 Å². The fourth-order valence-corrected chi connectivity index (χ4v) is 5.28. The molecule has 1 saturated carbocycles. The van der Waals surface area contributed by atoms with Crippen LogP contribution in [0.25, 0.3) is 0 Å². The van der Waals surface area contributed by atoms with Gasteiger partial charge in [-0.05, 0) is 37.1 Å². The number of rotatable bonds is 7. The van der Waals surface area contributed by atoms with E-state index in [9.17, 15) is 18.0 Å². The number of sulfone groups is 1. The van der Waals surface area contributed by atoms with E-state index in [2.05, 4.69) is 0 Å². The van der Waals surface area contributed by atoms with Crippen molar-refractivity contribution in [1.82, 2.24) is 4.90 Å². The van der Waals surface area contributed by atoms with Gasteiger partial charge in [-0.15, -0.1) is 11.3 Å². The Morgan fingerprint density at radius 2 is 1.85 bits per heavy atom. The zero-order valence-corrected chi connectivity index (χ0v) is 15.8. The lowest BCUT2D eigenvalue weighted by Gasteiger charge is -2.23. The van der Waals surface area contributed by atoms with Crippen LogP contribution in [0.3, 0.4) is 0 Å². The summed E-state index contributed by atoms with van der Waals surface area (Å²) in [5.74, 6) is -1.94. The highest BCUT2D eigenvalue weighted by atomic mass is 32.2. The molecule has 0 aliphatic heterocycles. The van der Waals surface area contributed by atoms with Gasteiger partial charge in [0.25, 0.3) is 5.91 Å². The molecule has 1 aromatic carbocycles. The Labute approximate surface area is 156 Å². The molecule has 138 valence electrons. The Morgan fingerprint density at radius 3 is 2.42 bits per heavy atom. The van der Waals surface area contributed by atoms with E-state index < -0.39 is 21.7 Å². The molecule has 1 unspecified atom stereocenters. The standard InChI is InChI=1S/C18H19NO5S2/c1-12(18(21)22)11-19(13-7-8-13)17(20)15-9-10-16(25-15)26(23,24)14-5-3-2-4-6-14/h2-6,9-10,12-13H,7-8,11H2,1H3,(H,21,22). The van der Waals surface area contributed by atoms with Crippen LogP contribution in [0.15, 0.2) is 51.6 Å². The zero-order valence-electron chi connectivity index (χ0n) is 14.2. The van der Waals surface area contributed by atoms with E-state index in [0.717, 1.165) is 24.2 Å². The van der Waals surface area contributed by atoms with Gasteiger partial charge in [0.05, 0.1) is 15.7 Å². The number of nitrogens with zero attached hydrogens (tertiary/aromatic N) is 1. The summed E-state index contributed by atoms with van der Waals surface area (Å²) in [4.78, 5) is 26.0. The van der Waals surface area contributed by atoms with Crippen molar-refractivity contribution in [3.05, 3.63) is 47.3 Å². The van der Waals surface area contributed by atoms with E-state index in [1.54, 1.807) is 30.0 Å². The van der Waals surface area contributed by atoms with Crippen LogP contribution in [0.4, 0.5) is 0 Å². The third-order valence-electron chi connectivity index (χ3n) is 4.25. The number of thiophene rings is 1. The molecule has 0 spiro atoms. The van der Waals surface area contributed by atoms with Gasteiger partial charge in [-0.1, -0.05) is 25.1 Å². The number of aliphatic carboxylic acids is 1. The van der Waals surface area contributed by atoms with Gasteiger partial charge in [-0.2, -0.15) is 0 Å². The van der Waals surface area contributed by atoms with Gasteiger partial charge in [0.2, 0.25) is 9.84 Å². The van der Waals surface area contributed by atoms with Crippen LogP contribution in [0, 0.1) is 5.92 Å². The molecule has 2 aromatic rings. The number of carboxylic acid groups (broad SMARTS) is 1. The quantitative estimate of drug-likeness (QED) is 0.781. The summed E-state index contributed by atoms with van der Waals surface area (Å²) in [7, 11) is -3.66. The first-order chi connectivity index (χ1) is 12.3. The second kappa shape index (κ2) is 7.20. The normalized spacial score (nSPS) is 15.4. The van der Waals surface area contributed by atoms with Crippen LogP contribution in [-0.2, 0) is 14.6 Å². The van der Waals surface area contributed by atoms with E-state index >= 15 is 0 Å². The summed E-state index contributed by atoms with van der Waals surface area (Å²) >= 11 is 0.925. The van der Waals surface area contributed by atoms with Crippen LogP contribution >= 0.6 is 11.3 Å². The summed E-state index contributed by atoms with van der Waals surface area (Å²) in [6.07, 6.45) is 1.69. The lowest BCUT2D eigenvalue weighted by Crippen LogP contribution is -2.38. The fraction of sp³-hybridized carbons (Fsp3) is 0.333. The largest absolute Gasteiger partial charge is 0.481 e. The van der Waals surface area contributed by atoms with Crippen LogP contribution < -0.4 is 0 Å². The van der Waals surface area contributed by atoms with Crippen molar-refractivity contribution in [2.24, 2.45) is 5.92 Å². The van der Waals surface area contributed by atoms with Crippen LogP contribution in [-0.4, -0.2) is 42.9 Å². The molecule has 6 nitrogen and oxygen atoms in total. The summed E-state index contributed by atoms with van der Waals surface area (Å²) in [5.41, 5.74) is 0. The van der Waals surface area contributed by atoms with Gasteiger partial charge in [0, 0.05) is 12.6 Å². The van der Waals surface area contributed by atoms with Crippen LogP contribution in [0.5, 0.6) is 0 Å². The van der Waals surface area contributed by atoms with Crippen molar-refractivity contribution in [3.8, 4) is 0 Å². The molecule has 1 amide bonds. The molecule has 8 heteroatoms. The maximum atomic E-state index is 12.8. The highest BCUT2D eigenvalue weighted by Gasteiger charge is 2.36. The SMILES string of the molecule is CC(CN(C(=O)c1ccc(S(=O)(=O)c2ccccc2)s1)C1CC1)C(=O)O. The molecule has 1 fully saturated rings. The Kier molecular flexibility index (Phi) is 5.15. The van der Waals surface area contributed by atoms with Crippen molar-refractivity contribution in [3.63, 3.8) is 0 Å². The van der Waals surface area contributed by atoms with Gasteiger partial charge in [0.15, 0.2) is 0 Å². The van der Waals surface area contributed by atoms with Gasteiger partial charge in [-0.3, -0.25) is 9.59 Å². The molecule has 1 aliphatic rings. The molecule has 0 bridgehead atoms. The maximum Gasteiger partial charge on any atom is 0.308 e. The highest BCUT2D eigenvalue weighted by molar-refractivity contribution is 7.93. The molecule has 0 radical (unpaired) electrons. The maximum absolute atomic E-state index is 12.8. The topological polar surface area (TPSA) is 91.8 Å². The third kappa shape index (κ3) is 3.81. The number of hydrogen-bond donors (Lipinski definition) is 1. The molecule has 26 heavy (non-hydrogen) atoms. The predicted octanol–water partition coefficient (Wildman–Crippen LogP) is 2.91. The Bertz CT molecular complexity index is 916. The molecule has 1 aromatic heterocycles. The molecule has 1 heterocycles. The number of carboxylic acids is 1. The average molecular weight is 393 g/mol. The molecule has 1 aliphatic carbocycles. The minimum absolute atomic E-state index is 0.0422. The lowest BCUT2D eigenvalue weighted by atomic mass is 10.1. The molecular weight excluding hydrogens is 374 g/mol. The van der Waals surface area contributed by atoms with E-state index in [0.29, 0.717) is 4.88 Å². The van der Waals surface area contributed by atoms with Gasteiger partial charge in [0.1, 0.15) is 4.21 Å². The summed E-state index contributed by atoms with van der Waals surface area (Å²) < 4.78 is 25.4. The van der Waals surface area contributed by atoms with Crippen molar-refractivity contribution in [1.29, 1.82) is 0 Å². The third-order valence-corrected chi connectivity index (χ3v) is 7.59. The molecule has 0 saturated heterocycles. The van der Waals surface area contributed by atoms with Gasteiger partial charge >= 0.3 is 5.97 Å². The first-order valence-electron chi connectivity index (χ1n) is 8.24. The first-order valence-corrected chi connectivity index (χ1v) is 10.5.